The number of alkyl halides is 3. The Bertz CT molecular complexity index is 1100. The largest absolute Gasteiger partial charge is 0.459 e. The van der Waals surface area contributed by atoms with Crippen LogP contribution in [0.25, 0.3) is 0 Å². The number of aromatic nitrogens is 1. The lowest BCUT2D eigenvalue weighted by molar-refractivity contribution is -0.144. The molecule has 0 spiro atoms. The third-order valence-electron chi connectivity index (χ3n) is 4.45. The van der Waals surface area contributed by atoms with E-state index in [9.17, 15) is 22.8 Å². The van der Waals surface area contributed by atoms with E-state index in [-0.39, 0.29) is 23.8 Å². The molecule has 3 aromatic rings. The van der Waals surface area contributed by atoms with Crippen LogP contribution in [0.15, 0.2) is 53.9 Å². The number of nitrogens with zero attached hydrogens (tertiary/aromatic N) is 2. The summed E-state index contributed by atoms with van der Waals surface area (Å²) in [5, 5.41) is 1.79. The topological polar surface area (TPSA) is 59.5 Å². The summed E-state index contributed by atoms with van der Waals surface area (Å²) in [6, 6.07) is 11.9. The Kier molecular flexibility index (Phi) is 6.74. The second-order valence-corrected chi connectivity index (χ2v) is 7.62. The minimum absolute atomic E-state index is 0.0553. The van der Waals surface area contributed by atoms with E-state index in [1.165, 1.54) is 19.1 Å². The summed E-state index contributed by atoms with van der Waals surface area (Å²) in [5.74, 6) is -0.915. The number of hydrogen-bond donors (Lipinski definition) is 0. The zero-order valence-corrected chi connectivity index (χ0v) is 17.6. The number of esters is 1. The van der Waals surface area contributed by atoms with Gasteiger partial charge in [0.15, 0.2) is 5.13 Å². The van der Waals surface area contributed by atoms with Crippen LogP contribution >= 0.6 is 11.3 Å². The number of anilines is 2. The lowest BCUT2D eigenvalue weighted by Gasteiger charge is -2.19. The molecule has 9 heteroatoms. The van der Waals surface area contributed by atoms with Gasteiger partial charge >= 0.3 is 12.1 Å². The summed E-state index contributed by atoms with van der Waals surface area (Å²) in [4.78, 5) is 29.6. The first kappa shape index (κ1) is 22.5. The van der Waals surface area contributed by atoms with Gasteiger partial charge in [-0.15, -0.1) is 11.3 Å². The van der Waals surface area contributed by atoms with Gasteiger partial charge in [-0.3, -0.25) is 14.5 Å². The number of carbonyl (C=O) groups is 2. The summed E-state index contributed by atoms with van der Waals surface area (Å²) in [6.07, 6.45) is -4.41. The number of carbonyl (C=O) groups excluding carboxylic acids is 2. The second kappa shape index (κ2) is 9.30. The summed E-state index contributed by atoms with van der Waals surface area (Å²) >= 11 is 1.07. The van der Waals surface area contributed by atoms with Gasteiger partial charge in [-0.2, -0.15) is 13.2 Å². The van der Waals surface area contributed by atoms with Gasteiger partial charge in [0.2, 0.25) is 5.91 Å². The molecule has 0 aliphatic heterocycles. The van der Waals surface area contributed by atoms with E-state index in [2.05, 4.69) is 4.98 Å². The van der Waals surface area contributed by atoms with Crippen LogP contribution in [0.3, 0.4) is 0 Å². The van der Waals surface area contributed by atoms with Gasteiger partial charge in [0.25, 0.3) is 0 Å². The van der Waals surface area contributed by atoms with Gasteiger partial charge in [-0.05, 0) is 36.2 Å². The summed E-state index contributed by atoms with van der Waals surface area (Å²) in [5.41, 5.74) is 1.43. The predicted molar refractivity (Wildman–Crippen MR) is 111 cm³/mol. The highest BCUT2D eigenvalue weighted by atomic mass is 32.1. The summed E-state index contributed by atoms with van der Waals surface area (Å²) < 4.78 is 44.4. The molecule has 0 saturated carbocycles. The van der Waals surface area contributed by atoms with Gasteiger partial charge < -0.3 is 4.74 Å². The zero-order chi connectivity index (χ0) is 22.6. The Morgan fingerprint density at radius 2 is 1.87 bits per heavy atom. The lowest BCUT2D eigenvalue weighted by atomic mass is 10.1. The van der Waals surface area contributed by atoms with Gasteiger partial charge in [-0.25, -0.2) is 4.98 Å². The first-order valence-corrected chi connectivity index (χ1v) is 10.2. The Morgan fingerprint density at radius 3 is 2.55 bits per heavy atom. The normalized spacial score (nSPS) is 11.3. The fourth-order valence-corrected chi connectivity index (χ4v) is 3.75. The first-order chi connectivity index (χ1) is 14.6. The van der Waals surface area contributed by atoms with Crippen molar-refractivity contribution in [1.29, 1.82) is 0 Å². The monoisotopic (exact) mass is 448 g/mol. The smallest absolute Gasteiger partial charge is 0.416 e. The molecule has 0 bridgehead atoms. The van der Waals surface area contributed by atoms with Crippen LogP contribution in [-0.2, 0) is 33.5 Å². The second-order valence-electron chi connectivity index (χ2n) is 6.79. The van der Waals surface area contributed by atoms with Crippen LogP contribution in [0, 0.1) is 6.92 Å². The van der Waals surface area contributed by atoms with Crippen molar-refractivity contribution in [3.63, 3.8) is 0 Å². The summed E-state index contributed by atoms with van der Waals surface area (Å²) in [6.45, 7) is 3.04. The Morgan fingerprint density at radius 1 is 1.13 bits per heavy atom. The predicted octanol–water partition coefficient (Wildman–Crippen LogP) is 5.44. The van der Waals surface area contributed by atoms with Crippen molar-refractivity contribution in [2.45, 2.75) is 33.1 Å². The number of halogens is 3. The molecule has 0 unspecified atom stereocenters. The van der Waals surface area contributed by atoms with Crippen LogP contribution in [0.5, 0.6) is 0 Å². The van der Waals surface area contributed by atoms with Crippen molar-refractivity contribution in [3.8, 4) is 0 Å². The Hall–Kier alpha value is -3.20. The maximum Gasteiger partial charge on any atom is 0.416 e. The van der Waals surface area contributed by atoms with Crippen LogP contribution in [0.1, 0.15) is 29.3 Å². The minimum Gasteiger partial charge on any atom is -0.459 e. The molecule has 162 valence electrons. The van der Waals surface area contributed by atoms with Crippen molar-refractivity contribution in [2.24, 2.45) is 0 Å². The van der Waals surface area contributed by atoms with E-state index in [1.807, 2.05) is 31.2 Å². The molecule has 0 N–H and O–H groups in total. The maximum absolute atomic E-state index is 13.0. The number of aryl methyl sites for hydroxylation is 1. The van der Waals surface area contributed by atoms with Crippen LogP contribution in [0.4, 0.5) is 24.0 Å². The van der Waals surface area contributed by atoms with Gasteiger partial charge in [-0.1, -0.05) is 30.3 Å². The molecule has 3 rings (SSSR count). The molecule has 31 heavy (non-hydrogen) atoms. The van der Waals surface area contributed by atoms with E-state index in [0.29, 0.717) is 5.69 Å². The zero-order valence-electron chi connectivity index (χ0n) is 16.8. The minimum atomic E-state index is -4.53. The number of amides is 1. The maximum atomic E-state index is 13.0. The van der Waals surface area contributed by atoms with Gasteiger partial charge in [0.05, 0.1) is 23.4 Å². The van der Waals surface area contributed by atoms with Crippen LogP contribution in [0.2, 0.25) is 0 Å². The number of benzene rings is 2. The van der Waals surface area contributed by atoms with E-state index in [4.69, 9.17) is 4.74 Å². The molecule has 2 aromatic carbocycles. The third kappa shape index (κ3) is 5.69. The number of thiazole rings is 1. The van der Waals surface area contributed by atoms with Gasteiger partial charge in [0.1, 0.15) is 6.61 Å². The van der Waals surface area contributed by atoms with Crippen molar-refractivity contribution in [2.75, 3.05) is 4.90 Å². The van der Waals surface area contributed by atoms with E-state index < -0.39 is 23.6 Å². The molecular weight excluding hydrogens is 429 g/mol. The van der Waals surface area contributed by atoms with E-state index in [0.717, 1.165) is 39.5 Å². The Balaban J connectivity index is 1.71. The third-order valence-corrected chi connectivity index (χ3v) is 5.33. The molecule has 5 nitrogen and oxygen atoms in total. The highest BCUT2D eigenvalue weighted by Gasteiger charge is 2.31. The fraction of sp³-hybridized carbons (Fsp3) is 0.227. The molecule has 0 aliphatic carbocycles. The average molecular weight is 448 g/mol. The fourth-order valence-electron chi connectivity index (χ4n) is 2.88. The van der Waals surface area contributed by atoms with Crippen molar-refractivity contribution >= 4 is 34.0 Å². The Labute approximate surface area is 181 Å². The van der Waals surface area contributed by atoms with Crippen LogP contribution < -0.4 is 4.90 Å². The summed E-state index contributed by atoms with van der Waals surface area (Å²) in [7, 11) is 0. The molecule has 1 heterocycles. The van der Waals surface area contributed by atoms with E-state index >= 15 is 0 Å². The average Bonchev–Trinajstić information content (AvgIpc) is 3.16. The molecule has 0 aliphatic rings. The van der Waals surface area contributed by atoms with Crippen molar-refractivity contribution < 1.29 is 27.5 Å². The molecule has 1 amide bonds. The number of ether oxygens (including phenoxy) is 1. The highest BCUT2D eigenvalue weighted by Crippen LogP contribution is 2.35. The van der Waals surface area contributed by atoms with E-state index in [1.54, 1.807) is 5.38 Å². The number of hydrogen-bond acceptors (Lipinski definition) is 5. The lowest BCUT2D eigenvalue weighted by Crippen LogP contribution is -2.23. The molecule has 0 fully saturated rings. The quantitative estimate of drug-likeness (QED) is 0.471. The number of rotatable bonds is 6. The highest BCUT2D eigenvalue weighted by molar-refractivity contribution is 7.14. The standard InChI is InChI=1S/C22H19F3N2O3S/c1-14-6-3-4-7-16(14)10-20(29)30-12-18-13-31-21(26-18)27(15(2)28)19-9-5-8-17(11-19)22(23,24)25/h3-9,11,13H,10,12H2,1-2H3. The van der Waals surface area contributed by atoms with Crippen molar-refractivity contribution in [3.05, 3.63) is 76.3 Å². The molecule has 0 atom stereocenters. The first-order valence-electron chi connectivity index (χ1n) is 9.27. The SMILES string of the molecule is CC(=O)N(c1cccc(C(F)(F)F)c1)c1nc(COC(=O)Cc2ccccc2C)cs1. The van der Waals surface area contributed by atoms with Gasteiger partial charge in [0, 0.05) is 12.3 Å². The molecule has 0 radical (unpaired) electrons. The molecule has 1 aromatic heterocycles. The molecule has 0 saturated heterocycles. The molecular formula is C22H19F3N2O3S. The van der Waals surface area contributed by atoms with Crippen molar-refractivity contribution in [1.82, 2.24) is 4.98 Å². The van der Waals surface area contributed by atoms with Crippen LogP contribution in [-0.4, -0.2) is 16.9 Å².